The molecule has 0 bridgehead atoms. The van der Waals surface area contributed by atoms with Gasteiger partial charge >= 0.3 is 0 Å². The Morgan fingerprint density at radius 1 is 1.67 bits per heavy atom. The van der Waals surface area contributed by atoms with E-state index in [1.807, 2.05) is 0 Å². The molecule has 0 aromatic carbocycles. The van der Waals surface area contributed by atoms with Crippen molar-refractivity contribution in [3.63, 3.8) is 0 Å². The van der Waals surface area contributed by atoms with Crippen LogP contribution in [0.5, 0.6) is 0 Å². The fourth-order valence-corrected chi connectivity index (χ4v) is 2.95. The first-order chi connectivity index (χ1) is 10.2. The van der Waals surface area contributed by atoms with E-state index >= 15 is 0 Å². The number of carbonyl (C=O) groups excluding carboxylic acids is 1. The lowest BCUT2D eigenvalue weighted by atomic mass is 10.1. The van der Waals surface area contributed by atoms with Crippen molar-refractivity contribution in [3.8, 4) is 0 Å². The molecule has 8 heteroatoms. The van der Waals surface area contributed by atoms with Crippen molar-refractivity contribution >= 4 is 17.2 Å². The molecule has 3 N–H and O–H groups in total. The first-order valence-corrected chi connectivity index (χ1v) is 7.70. The highest BCUT2D eigenvalue weighted by Crippen LogP contribution is 2.34. The Labute approximate surface area is 126 Å². The number of rotatable bonds is 7. The standard InChI is InChI=1S/C13H20N2O5S/c1-19-4-2-3-14-12(18)8-7-21-13(15-8)10-5-9(17)11(6-16)20-10/h7,9-11,16-17H,2-6H2,1H3,(H,14,18)/t9-,10-,11+/m0/s1. The van der Waals surface area contributed by atoms with Gasteiger partial charge in [-0.1, -0.05) is 0 Å². The van der Waals surface area contributed by atoms with E-state index in [0.717, 1.165) is 6.42 Å². The molecule has 21 heavy (non-hydrogen) atoms. The second-order valence-corrected chi connectivity index (χ2v) is 5.71. The molecule has 7 nitrogen and oxygen atoms in total. The van der Waals surface area contributed by atoms with Crippen LogP contribution >= 0.6 is 11.3 Å². The number of carbonyl (C=O) groups is 1. The van der Waals surface area contributed by atoms with E-state index in [9.17, 15) is 9.90 Å². The van der Waals surface area contributed by atoms with Crippen molar-refractivity contribution in [2.24, 2.45) is 0 Å². The minimum Gasteiger partial charge on any atom is -0.394 e. The van der Waals surface area contributed by atoms with Gasteiger partial charge in [0.05, 0.1) is 12.7 Å². The van der Waals surface area contributed by atoms with Crippen LogP contribution in [0.15, 0.2) is 5.38 Å². The summed E-state index contributed by atoms with van der Waals surface area (Å²) in [6, 6.07) is 0. The predicted octanol–water partition coefficient (Wildman–Crippen LogP) is 0.0926. The maximum Gasteiger partial charge on any atom is 0.270 e. The summed E-state index contributed by atoms with van der Waals surface area (Å²) in [6.07, 6.45) is -0.513. The maximum absolute atomic E-state index is 11.9. The molecule has 0 radical (unpaired) electrons. The molecule has 1 amide bonds. The van der Waals surface area contributed by atoms with Crippen LogP contribution in [-0.2, 0) is 9.47 Å². The Balaban J connectivity index is 1.88. The number of methoxy groups -OCH3 is 1. The smallest absolute Gasteiger partial charge is 0.270 e. The van der Waals surface area contributed by atoms with Crippen LogP contribution < -0.4 is 5.32 Å². The first-order valence-electron chi connectivity index (χ1n) is 6.82. The van der Waals surface area contributed by atoms with Crippen LogP contribution in [0.4, 0.5) is 0 Å². The summed E-state index contributed by atoms with van der Waals surface area (Å²) in [6.45, 7) is 0.902. The van der Waals surface area contributed by atoms with Crippen molar-refractivity contribution in [1.82, 2.24) is 10.3 Å². The van der Waals surface area contributed by atoms with Crippen LogP contribution in [0.25, 0.3) is 0 Å². The van der Waals surface area contributed by atoms with Gasteiger partial charge in [-0.05, 0) is 6.42 Å². The van der Waals surface area contributed by atoms with Gasteiger partial charge in [-0.15, -0.1) is 11.3 Å². The summed E-state index contributed by atoms with van der Waals surface area (Å²) >= 11 is 1.32. The summed E-state index contributed by atoms with van der Waals surface area (Å²) in [4.78, 5) is 16.1. The van der Waals surface area contributed by atoms with Crippen molar-refractivity contribution in [3.05, 3.63) is 16.1 Å². The molecule has 1 aromatic heterocycles. The number of amides is 1. The molecule has 0 aliphatic carbocycles. The average Bonchev–Trinajstić information content (AvgIpc) is 3.09. The van der Waals surface area contributed by atoms with E-state index in [0.29, 0.717) is 30.3 Å². The Morgan fingerprint density at radius 2 is 2.48 bits per heavy atom. The molecule has 2 heterocycles. The summed E-state index contributed by atoms with van der Waals surface area (Å²) in [5.74, 6) is -0.231. The van der Waals surface area contributed by atoms with E-state index in [4.69, 9.17) is 14.6 Å². The van der Waals surface area contributed by atoms with Crippen molar-refractivity contribution in [1.29, 1.82) is 0 Å². The molecule has 1 fully saturated rings. The topological polar surface area (TPSA) is 101 Å². The van der Waals surface area contributed by atoms with Crippen LogP contribution in [0, 0.1) is 0 Å². The van der Waals surface area contributed by atoms with Gasteiger partial charge in [0.25, 0.3) is 5.91 Å². The minimum absolute atomic E-state index is 0.226. The summed E-state index contributed by atoms with van der Waals surface area (Å²) < 4.78 is 10.4. The number of thiazole rings is 1. The Morgan fingerprint density at radius 3 is 3.14 bits per heavy atom. The zero-order valence-corrected chi connectivity index (χ0v) is 12.6. The van der Waals surface area contributed by atoms with Gasteiger partial charge in [-0.25, -0.2) is 4.98 Å². The molecule has 1 saturated heterocycles. The van der Waals surface area contributed by atoms with Gasteiger partial charge in [-0.2, -0.15) is 0 Å². The molecule has 1 aromatic rings. The highest BCUT2D eigenvalue weighted by molar-refractivity contribution is 7.09. The molecule has 0 spiro atoms. The number of nitrogens with one attached hydrogen (secondary N) is 1. The number of aromatic nitrogens is 1. The van der Waals surface area contributed by atoms with E-state index in [2.05, 4.69) is 10.3 Å². The summed E-state index contributed by atoms with van der Waals surface area (Å²) in [7, 11) is 1.62. The fraction of sp³-hybridized carbons (Fsp3) is 0.692. The normalized spacial score (nSPS) is 25.2. The third-order valence-electron chi connectivity index (χ3n) is 3.24. The summed E-state index contributed by atoms with van der Waals surface area (Å²) in [5, 5.41) is 23.8. The van der Waals surface area contributed by atoms with Crippen LogP contribution in [0.3, 0.4) is 0 Å². The predicted molar refractivity (Wildman–Crippen MR) is 76.3 cm³/mol. The average molecular weight is 316 g/mol. The molecular formula is C13H20N2O5S. The zero-order chi connectivity index (χ0) is 15.2. The third kappa shape index (κ3) is 4.21. The van der Waals surface area contributed by atoms with E-state index < -0.39 is 12.2 Å². The van der Waals surface area contributed by atoms with Crippen LogP contribution in [0.2, 0.25) is 0 Å². The highest BCUT2D eigenvalue weighted by atomic mass is 32.1. The van der Waals surface area contributed by atoms with Gasteiger partial charge < -0.3 is 25.0 Å². The number of ether oxygens (including phenoxy) is 2. The largest absolute Gasteiger partial charge is 0.394 e. The van der Waals surface area contributed by atoms with Gasteiger partial charge in [0.2, 0.25) is 0 Å². The van der Waals surface area contributed by atoms with E-state index in [1.165, 1.54) is 11.3 Å². The van der Waals surface area contributed by atoms with Crippen LogP contribution in [-0.4, -0.2) is 60.2 Å². The maximum atomic E-state index is 11.9. The van der Waals surface area contributed by atoms with Crippen molar-refractivity contribution in [2.45, 2.75) is 31.2 Å². The fourth-order valence-electron chi connectivity index (χ4n) is 2.10. The lowest BCUT2D eigenvalue weighted by molar-refractivity contribution is -0.0226. The summed E-state index contributed by atoms with van der Waals surface area (Å²) in [5.41, 5.74) is 0.345. The second-order valence-electron chi connectivity index (χ2n) is 4.82. The molecule has 0 saturated carbocycles. The minimum atomic E-state index is -0.699. The van der Waals surface area contributed by atoms with Crippen molar-refractivity contribution < 1.29 is 24.5 Å². The lowest BCUT2D eigenvalue weighted by Gasteiger charge is -2.09. The number of nitrogens with zero attached hydrogens (tertiary/aromatic N) is 1. The van der Waals surface area contributed by atoms with Gasteiger partial charge in [0.1, 0.15) is 22.9 Å². The third-order valence-corrected chi connectivity index (χ3v) is 4.18. The Hall–Kier alpha value is -1.06. The molecule has 2 rings (SSSR count). The van der Waals surface area contributed by atoms with Gasteiger partial charge in [-0.3, -0.25) is 4.79 Å². The molecule has 1 aliphatic rings. The molecular weight excluding hydrogens is 296 g/mol. The molecule has 0 unspecified atom stereocenters. The van der Waals surface area contributed by atoms with Gasteiger partial charge in [0, 0.05) is 32.1 Å². The zero-order valence-electron chi connectivity index (χ0n) is 11.8. The van der Waals surface area contributed by atoms with E-state index in [-0.39, 0.29) is 18.6 Å². The second kappa shape index (κ2) is 7.81. The van der Waals surface area contributed by atoms with Crippen molar-refractivity contribution in [2.75, 3.05) is 26.9 Å². The number of hydrogen-bond donors (Lipinski definition) is 3. The lowest BCUT2D eigenvalue weighted by Crippen LogP contribution is -2.25. The number of hydrogen-bond acceptors (Lipinski definition) is 7. The monoisotopic (exact) mass is 316 g/mol. The van der Waals surface area contributed by atoms with Crippen LogP contribution in [0.1, 0.15) is 34.4 Å². The molecule has 1 aliphatic heterocycles. The van der Waals surface area contributed by atoms with E-state index in [1.54, 1.807) is 12.5 Å². The highest BCUT2D eigenvalue weighted by Gasteiger charge is 2.36. The number of aliphatic hydroxyl groups excluding tert-OH is 2. The molecule has 118 valence electrons. The molecule has 3 atom stereocenters. The SMILES string of the molecule is COCCCNC(=O)c1csc([C@@H]2C[C@H](O)[C@@H](CO)O2)n1. The first kappa shape index (κ1) is 16.3. The van der Waals surface area contributed by atoms with Gasteiger partial charge in [0.15, 0.2) is 0 Å². The quantitative estimate of drug-likeness (QED) is 0.617. The number of aliphatic hydroxyl groups is 2. The Kier molecular flexibility index (Phi) is 6.07. The Bertz CT molecular complexity index is 467.